The normalized spacial score (nSPS) is 14.1. The van der Waals surface area contributed by atoms with Crippen LogP contribution in [0, 0.1) is 0 Å². The van der Waals surface area contributed by atoms with E-state index < -0.39 is 5.97 Å². The van der Waals surface area contributed by atoms with Crippen LogP contribution in [0.1, 0.15) is 5.69 Å². The maximum Gasteiger partial charge on any atom is 0.377 e. The zero-order valence-corrected chi connectivity index (χ0v) is 11.2. The first-order valence-electron chi connectivity index (χ1n) is 5.94. The molecule has 0 aliphatic carbocycles. The van der Waals surface area contributed by atoms with E-state index in [4.69, 9.17) is 18.7 Å². The summed E-state index contributed by atoms with van der Waals surface area (Å²) in [6.07, 6.45) is 1.26. The molecule has 20 heavy (non-hydrogen) atoms. The van der Waals surface area contributed by atoms with Gasteiger partial charge in [0.25, 0.3) is 0 Å². The maximum absolute atomic E-state index is 11.7. The van der Waals surface area contributed by atoms with Crippen LogP contribution in [0.2, 0.25) is 0 Å². The Balaban J connectivity index is 1.59. The summed E-state index contributed by atoms with van der Waals surface area (Å²) in [6.45, 7) is 0.798. The highest BCUT2D eigenvalue weighted by atomic mass is 32.1. The van der Waals surface area contributed by atoms with Crippen molar-refractivity contribution in [2.24, 2.45) is 0 Å². The number of aromatic nitrogens is 1. The third-order valence-electron chi connectivity index (χ3n) is 2.52. The second-order valence-corrected chi connectivity index (χ2v) is 4.88. The number of carbonyl (C=O) groups excluding carboxylic acids is 1. The highest BCUT2D eigenvalue weighted by Gasteiger charge is 2.17. The van der Waals surface area contributed by atoms with E-state index in [1.54, 1.807) is 17.4 Å². The molecule has 0 unspecified atom stereocenters. The van der Waals surface area contributed by atoms with Crippen molar-refractivity contribution < 1.29 is 23.5 Å². The molecule has 0 fully saturated rings. The smallest absolute Gasteiger partial charge is 0.377 e. The lowest BCUT2D eigenvalue weighted by atomic mass is 10.3. The first kappa shape index (κ1) is 12.7. The van der Waals surface area contributed by atoms with Crippen LogP contribution >= 0.6 is 11.3 Å². The molecule has 0 radical (unpaired) electrons. The summed E-state index contributed by atoms with van der Waals surface area (Å²) in [5.41, 5.74) is 0.541. The van der Waals surface area contributed by atoms with Gasteiger partial charge in [-0.15, -0.1) is 11.3 Å². The lowest BCUT2D eigenvalue weighted by Crippen LogP contribution is -2.17. The van der Waals surface area contributed by atoms with Crippen molar-refractivity contribution in [3.05, 3.63) is 41.3 Å². The van der Waals surface area contributed by atoms with Gasteiger partial charge in [0.05, 0.1) is 4.88 Å². The van der Waals surface area contributed by atoms with Crippen LogP contribution < -0.4 is 0 Å². The average Bonchev–Trinajstić information content (AvgIpc) is 3.16. The molecule has 0 aromatic carbocycles. The van der Waals surface area contributed by atoms with Gasteiger partial charge in [0.15, 0.2) is 5.76 Å². The van der Waals surface area contributed by atoms with Crippen LogP contribution in [0.15, 0.2) is 40.1 Å². The van der Waals surface area contributed by atoms with E-state index >= 15 is 0 Å². The molecule has 3 rings (SSSR count). The quantitative estimate of drug-likeness (QED) is 0.806. The number of hydrogen-bond donors (Lipinski definition) is 0. The number of thiophene rings is 1. The summed E-state index contributed by atoms with van der Waals surface area (Å²) in [7, 11) is 0. The van der Waals surface area contributed by atoms with Gasteiger partial charge in [-0.05, 0) is 11.4 Å². The minimum absolute atomic E-state index is 0.0222. The number of carbonyl (C=O) groups is 1. The Kier molecular flexibility index (Phi) is 3.69. The average molecular weight is 293 g/mol. The van der Waals surface area contributed by atoms with Crippen LogP contribution in [0.5, 0.6) is 0 Å². The van der Waals surface area contributed by atoms with Crippen LogP contribution in [0.4, 0.5) is 0 Å². The van der Waals surface area contributed by atoms with Gasteiger partial charge < -0.3 is 18.7 Å². The van der Waals surface area contributed by atoms with Crippen molar-refractivity contribution in [3.63, 3.8) is 0 Å². The summed E-state index contributed by atoms with van der Waals surface area (Å²) in [5, 5.41) is 5.80. The topological polar surface area (TPSA) is 70.8 Å². The Morgan fingerprint density at radius 2 is 2.40 bits per heavy atom. The van der Waals surface area contributed by atoms with Crippen molar-refractivity contribution in [2.45, 2.75) is 6.61 Å². The SMILES string of the molecule is O=C(OCc1cc(-c2cccs2)on1)C1=COCCO1. The molecule has 2 aromatic rings. The summed E-state index contributed by atoms with van der Waals surface area (Å²) in [4.78, 5) is 12.6. The van der Waals surface area contributed by atoms with Crippen molar-refractivity contribution in [1.29, 1.82) is 0 Å². The summed E-state index contributed by atoms with van der Waals surface area (Å²) < 4.78 is 20.4. The van der Waals surface area contributed by atoms with E-state index in [0.29, 0.717) is 24.7 Å². The molecule has 2 aromatic heterocycles. The van der Waals surface area contributed by atoms with E-state index in [1.165, 1.54) is 6.26 Å². The molecule has 1 aliphatic rings. The maximum atomic E-state index is 11.7. The van der Waals surface area contributed by atoms with E-state index in [1.807, 2.05) is 17.5 Å². The molecule has 0 atom stereocenters. The van der Waals surface area contributed by atoms with E-state index in [9.17, 15) is 4.79 Å². The lowest BCUT2D eigenvalue weighted by Gasteiger charge is -2.13. The summed E-state index contributed by atoms with van der Waals surface area (Å²) >= 11 is 1.55. The Morgan fingerprint density at radius 3 is 3.15 bits per heavy atom. The molecule has 0 saturated carbocycles. The van der Waals surface area contributed by atoms with Gasteiger partial charge in [-0.25, -0.2) is 4.79 Å². The Bertz CT molecular complexity index is 617. The minimum Gasteiger partial charge on any atom is -0.493 e. The zero-order chi connectivity index (χ0) is 13.8. The standard InChI is InChI=1S/C13H11NO5S/c15-13(11-8-16-3-4-17-11)18-7-9-6-10(19-14-9)12-2-1-5-20-12/h1-2,5-6,8H,3-4,7H2. The van der Waals surface area contributed by atoms with Gasteiger partial charge in [0.2, 0.25) is 5.76 Å². The summed E-state index contributed by atoms with van der Waals surface area (Å²) in [6, 6.07) is 5.60. The summed E-state index contributed by atoms with van der Waals surface area (Å²) in [5.74, 6) is 0.145. The largest absolute Gasteiger partial charge is 0.493 e. The van der Waals surface area contributed by atoms with Crippen molar-refractivity contribution in [3.8, 4) is 10.6 Å². The molecule has 1 aliphatic heterocycles. The van der Waals surface area contributed by atoms with Gasteiger partial charge in [-0.3, -0.25) is 0 Å². The highest BCUT2D eigenvalue weighted by molar-refractivity contribution is 7.13. The highest BCUT2D eigenvalue weighted by Crippen LogP contribution is 2.25. The van der Waals surface area contributed by atoms with Crippen LogP contribution in [0.3, 0.4) is 0 Å². The van der Waals surface area contributed by atoms with Crippen LogP contribution in [-0.4, -0.2) is 24.3 Å². The Labute approximate surface area is 118 Å². The molecule has 0 spiro atoms. The number of hydrogen-bond acceptors (Lipinski definition) is 7. The fraction of sp³-hybridized carbons (Fsp3) is 0.231. The van der Waals surface area contributed by atoms with E-state index in [2.05, 4.69) is 5.16 Å². The number of nitrogens with zero attached hydrogens (tertiary/aromatic N) is 1. The van der Waals surface area contributed by atoms with Gasteiger partial charge in [-0.2, -0.15) is 0 Å². The van der Waals surface area contributed by atoms with Crippen molar-refractivity contribution >= 4 is 17.3 Å². The predicted molar refractivity (Wildman–Crippen MR) is 69.6 cm³/mol. The molecule has 6 nitrogen and oxygen atoms in total. The Morgan fingerprint density at radius 1 is 1.45 bits per heavy atom. The molecule has 0 N–H and O–H groups in total. The molecule has 0 saturated heterocycles. The third-order valence-corrected chi connectivity index (χ3v) is 3.41. The van der Waals surface area contributed by atoms with Gasteiger partial charge in [0.1, 0.15) is 31.8 Å². The lowest BCUT2D eigenvalue weighted by molar-refractivity contribution is -0.146. The van der Waals surface area contributed by atoms with Gasteiger partial charge in [-0.1, -0.05) is 11.2 Å². The molecule has 0 amide bonds. The molecule has 7 heteroatoms. The first-order chi connectivity index (χ1) is 9.83. The Hall–Kier alpha value is -2.28. The monoisotopic (exact) mass is 293 g/mol. The van der Waals surface area contributed by atoms with Crippen molar-refractivity contribution in [1.82, 2.24) is 5.16 Å². The molecular formula is C13H11NO5S. The van der Waals surface area contributed by atoms with Crippen molar-refractivity contribution in [2.75, 3.05) is 13.2 Å². The molecule has 0 bridgehead atoms. The fourth-order valence-corrected chi connectivity index (χ4v) is 2.27. The number of ether oxygens (including phenoxy) is 3. The van der Waals surface area contributed by atoms with E-state index in [-0.39, 0.29) is 12.4 Å². The molecular weight excluding hydrogens is 282 g/mol. The van der Waals surface area contributed by atoms with E-state index in [0.717, 1.165) is 4.88 Å². The second-order valence-electron chi connectivity index (χ2n) is 3.94. The first-order valence-corrected chi connectivity index (χ1v) is 6.82. The number of esters is 1. The third kappa shape index (κ3) is 2.83. The van der Waals surface area contributed by atoms with Crippen LogP contribution in [0.25, 0.3) is 10.6 Å². The molecule has 3 heterocycles. The van der Waals surface area contributed by atoms with Gasteiger partial charge in [0, 0.05) is 6.07 Å². The minimum atomic E-state index is -0.578. The molecule has 104 valence electrons. The second kappa shape index (κ2) is 5.79. The predicted octanol–water partition coefficient (Wildman–Crippen LogP) is 2.33. The number of rotatable bonds is 4. The zero-order valence-electron chi connectivity index (χ0n) is 10.4. The van der Waals surface area contributed by atoms with Crippen LogP contribution in [-0.2, 0) is 25.6 Å². The van der Waals surface area contributed by atoms with Gasteiger partial charge >= 0.3 is 5.97 Å². The fourth-order valence-electron chi connectivity index (χ4n) is 1.60.